The lowest BCUT2D eigenvalue weighted by Gasteiger charge is -2.30. The van der Waals surface area contributed by atoms with Gasteiger partial charge in [0.15, 0.2) is 17.2 Å². The first-order chi connectivity index (χ1) is 14.7. The van der Waals surface area contributed by atoms with Gasteiger partial charge in [-0.05, 0) is 38.0 Å². The summed E-state index contributed by atoms with van der Waals surface area (Å²) in [5.74, 6) is 0.328. The molecule has 4 heterocycles. The Morgan fingerprint density at radius 1 is 1.30 bits per heavy atom. The molecule has 0 radical (unpaired) electrons. The maximum absolute atomic E-state index is 14.3. The molecule has 30 heavy (non-hydrogen) atoms. The van der Waals surface area contributed by atoms with Gasteiger partial charge < -0.3 is 19.1 Å². The normalized spacial score (nSPS) is 18.1. The van der Waals surface area contributed by atoms with Crippen LogP contribution < -0.4 is 14.4 Å². The first kappa shape index (κ1) is 18.7. The summed E-state index contributed by atoms with van der Waals surface area (Å²) in [5.41, 5.74) is 2.75. The highest BCUT2D eigenvalue weighted by atomic mass is 19.1. The molecule has 1 atom stereocenters. The molecular weight excluding hydrogens is 389 g/mol. The van der Waals surface area contributed by atoms with Crippen LogP contribution in [0, 0.1) is 5.82 Å². The number of rotatable bonds is 4. The van der Waals surface area contributed by atoms with Crippen molar-refractivity contribution in [2.75, 3.05) is 31.3 Å². The number of hydrogen-bond acceptors (Lipinski definition) is 6. The summed E-state index contributed by atoms with van der Waals surface area (Å²) >= 11 is 0. The van der Waals surface area contributed by atoms with Crippen LogP contribution in [0.5, 0.6) is 11.5 Å². The van der Waals surface area contributed by atoms with E-state index in [0.717, 1.165) is 30.6 Å². The van der Waals surface area contributed by atoms with Crippen molar-refractivity contribution >= 4 is 17.3 Å². The number of hydrogen-bond donors (Lipinski definition) is 0. The molecule has 0 amide bonds. The second-order valence-corrected chi connectivity index (χ2v) is 7.35. The van der Waals surface area contributed by atoms with Gasteiger partial charge in [-0.1, -0.05) is 0 Å². The highest BCUT2D eigenvalue weighted by molar-refractivity contribution is 5.88. The molecule has 0 aliphatic carbocycles. The Labute approximate surface area is 173 Å². The van der Waals surface area contributed by atoms with Crippen LogP contribution in [0.15, 0.2) is 36.7 Å². The number of halogens is 1. The van der Waals surface area contributed by atoms with Gasteiger partial charge in [-0.2, -0.15) is 0 Å². The maximum atomic E-state index is 14.3. The lowest BCUT2D eigenvalue weighted by Crippen LogP contribution is -2.25. The summed E-state index contributed by atoms with van der Waals surface area (Å²) in [5, 5.41) is 0. The highest BCUT2D eigenvalue weighted by Gasteiger charge is 2.32. The van der Waals surface area contributed by atoms with Crippen molar-refractivity contribution in [3.05, 3.63) is 53.7 Å². The van der Waals surface area contributed by atoms with Gasteiger partial charge in [0.1, 0.15) is 24.7 Å². The molecule has 3 aromatic rings. The number of fused-ring (bicyclic) bond motifs is 2. The molecule has 7 nitrogen and oxygen atoms in total. The molecular formula is C22H22FN3O4. The second kappa shape index (κ2) is 7.51. The molecule has 0 spiro atoms. The lowest BCUT2D eigenvalue weighted by molar-refractivity contribution is 0.0518. The van der Waals surface area contributed by atoms with E-state index in [-0.39, 0.29) is 11.9 Å². The summed E-state index contributed by atoms with van der Waals surface area (Å²) in [7, 11) is 0. The van der Waals surface area contributed by atoms with E-state index in [9.17, 15) is 9.18 Å². The summed E-state index contributed by atoms with van der Waals surface area (Å²) < 4.78 is 32.6. The molecule has 2 aliphatic heterocycles. The topological polar surface area (TPSA) is 65.3 Å². The quantitative estimate of drug-likeness (QED) is 0.609. The van der Waals surface area contributed by atoms with Crippen molar-refractivity contribution in [1.29, 1.82) is 0 Å². The molecule has 2 aliphatic rings. The van der Waals surface area contributed by atoms with E-state index in [2.05, 4.69) is 9.88 Å². The number of carbonyl (C=O) groups excluding carboxylic acids is 1. The molecule has 2 aromatic heterocycles. The average Bonchev–Trinajstić information content (AvgIpc) is 3.40. The first-order valence-corrected chi connectivity index (χ1v) is 10.2. The molecule has 1 saturated heterocycles. The summed E-state index contributed by atoms with van der Waals surface area (Å²) in [4.78, 5) is 18.8. The summed E-state index contributed by atoms with van der Waals surface area (Å²) in [6, 6.07) is 6.70. The predicted molar refractivity (Wildman–Crippen MR) is 108 cm³/mol. The Hall–Kier alpha value is -3.29. The second-order valence-electron chi connectivity index (χ2n) is 7.35. The predicted octanol–water partition coefficient (Wildman–Crippen LogP) is 3.76. The van der Waals surface area contributed by atoms with Crippen LogP contribution >= 0.6 is 0 Å². The van der Waals surface area contributed by atoms with Crippen molar-refractivity contribution in [3.63, 3.8) is 0 Å². The third-order valence-electron chi connectivity index (χ3n) is 5.55. The van der Waals surface area contributed by atoms with Crippen molar-refractivity contribution in [2.45, 2.75) is 25.8 Å². The number of ether oxygens (including phenoxy) is 3. The highest BCUT2D eigenvalue weighted by Crippen LogP contribution is 2.45. The fourth-order valence-corrected chi connectivity index (χ4v) is 4.29. The minimum atomic E-state index is -0.412. The molecule has 1 unspecified atom stereocenters. The first-order valence-electron chi connectivity index (χ1n) is 10.2. The Kier molecular flexibility index (Phi) is 4.69. The Bertz CT molecular complexity index is 1110. The van der Waals surface area contributed by atoms with Gasteiger partial charge in [0, 0.05) is 24.4 Å². The fourth-order valence-electron chi connectivity index (χ4n) is 4.29. The smallest absolute Gasteiger partial charge is 0.356 e. The molecule has 0 N–H and O–H groups in total. The molecule has 1 aromatic carbocycles. The molecule has 8 heteroatoms. The Morgan fingerprint density at radius 2 is 2.17 bits per heavy atom. The van der Waals surface area contributed by atoms with E-state index in [4.69, 9.17) is 14.2 Å². The lowest BCUT2D eigenvalue weighted by atomic mass is 10.0. The van der Waals surface area contributed by atoms with Crippen LogP contribution in [0.3, 0.4) is 0 Å². The number of imidazole rings is 1. The van der Waals surface area contributed by atoms with Gasteiger partial charge in [0.2, 0.25) is 0 Å². The minimum absolute atomic E-state index is 0.0526. The minimum Gasteiger partial charge on any atom is -0.486 e. The molecule has 156 valence electrons. The largest absolute Gasteiger partial charge is 0.486 e. The fraction of sp³-hybridized carbons (Fsp3) is 0.364. The molecule has 5 rings (SSSR count). The van der Waals surface area contributed by atoms with E-state index >= 15 is 0 Å². The third kappa shape index (κ3) is 3.12. The van der Waals surface area contributed by atoms with E-state index < -0.39 is 5.97 Å². The number of pyridine rings is 1. The number of carbonyl (C=O) groups is 1. The SMILES string of the molecule is CCOC(=O)c1cnc2ccc(N3CCCC3c3cc(F)cc4c3OCCO4)cn12. The zero-order chi connectivity index (χ0) is 20.7. The zero-order valence-corrected chi connectivity index (χ0v) is 16.6. The van der Waals surface area contributed by atoms with Crippen LogP contribution in [-0.2, 0) is 4.74 Å². The van der Waals surface area contributed by atoms with E-state index in [1.807, 2.05) is 18.3 Å². The van der Waals surface area contributed by atoms with Gasteiger partial charge in [0.05, 0.1) is 24.5 Å². The van der Waals surface area contributed by atoms with E-state index in [1.54, 1.807) is 11.3 Å². The van der Waals surface area contributed by atoms with Crippen LogP contribution in [0.1, 0.15) is 41.9 Å². The summed E-state index contributed by atoms with van der Waals surface area (Å²) in [6.07, 6.45) is 5.23. The average molecular weight is 411 g/mol. The zero-order valence-electron chi connectivity index (χ0n) is 16.6. The number of anilines is 1. The van der Waals surface area contributed by atoms with Crippen LogP contribution in [0.2, 0.25) is 0 Å². The van der Waals surface area contributed by atoms with Gasteiger partial charge in [-0.25, -0.2) is 14.2 Å². The van der Waals surface area contributed by atoms with E-state index in [0.29, 0.717) is 42.7 Å². The number of nitrogens with zero attached hydrogens (tertiary/aromatic N) is 3. The molecule has 0 saturated carbocycles. The molecule has 0 bridgehead atoms. The Balaban J connectivity index is 1.54. The van der Waals surface area contributed by atoms with Crippen molar-refractivity contribution in [2.24, 2.45) is 0 Å². The number of aromatic nitrogens is 2. The molecule has 1 fully saturated rings. The van der Waals surface area contributed by atoms with Crippen molar-refractivity contribution < 1.29 is 23.4 Å². The maximum Gasteiger partial charge on any atom is 0.356 e. The Morgan fingerprint density at radius 3 is 3.03 bits per heavy atom. The third-order valence-corrected chi connectivity index (χ3v) is 5.55. The van der Waals surface area contributed by atoms with Crippen molar-refractivity contribution in [3.8, 4) is 11.5 Å². The van der Waals surface area contributed by atoms with Crippen LogP contribution in [-0.4, -0.2) is 41.7 Å². The van der Waals surface area contributed by atoms with Gasteiger partial charge in [0.25, 0.3) is 0 Å². The monoisotopic (exact) mass is 411 g/mol. The summed E-state index contributed by atoms with van der Waals surface area (Å²) in [6.45, 7) is 3.74. The number of esters is 1. The standard InChI is InChI=1S/C22H22FN3O4/c1-2-28-22(27)18-12-24-20-6-5-15(13-26(18)20)25-7-3-4-17(25)16-10-14(23)11-19-21(16)30-9-8-29-19/h5-6,10-13,17H,2-4,7-9H2,1H3. The van der Waals surface area contributed by atoms with Gasteiger partial charge in [-0.3, -0.25) is 4.40 Å². The van der Waals surface area contributed by atoms with Gasteiger partial charge >= 0.3 is 5.97 Å². The number of benzene rings is 1. The van der Waals surface area contributed by atoms with Crippen molar-refractivity contribution in [1.82, 2.24) is 9.38 Å². The van der Waals surface area contributed by atoms with Gasteiger partial charge in [-0.15, -0.1) is 0 Å². The van der Waals surface area contributed by atoms with Crippen LogP contribution in [0.4, 0.5) is 10.1 Å². The van der Waals surface area contributed by atoms with E-state index in [1.165, 1.54) is 18.3 Å². The van der Waals surface area contributed by atoms with Crippen LogP contribution in [0.25, 0.3) is 5.65 Å².